The van der Waals surface area contributed by atoms with Gasteiger partial charge in [-0.25, -0.2) is 10.8 Å². The highest BCUT2D eigenvalue weighted by Gasteiger charge is 2.19. The highest BCUT2D eigenvalue weighted by molar-refractivity contribution is 5.82. The average molecular weight is 255 g/mol. The Balaban J connectivity index is 2.10. The summed E-state index contributed by atoms with van der Waals surface area (Å²) in [6, 6.07) is 8.64. The molecule has 1 fully saturated rings. The molecule has 3 nitrogen and oxygen atoms in total. The van der Waals surface area contributed by atoms with E-state index in [1.165, 1.54) is 48.6 Å². The van der Waals surface area contributed by atoms with E-state index in [1.807, 2.05) is 0 Å². The van der Waals surface area contributed by atoms with Gasteiger partial charge in [-0.3, -0.25) is 0 Å². The van der Waals surface area contributed by atoms with Crippen molar-refractivity contribution in [2.75, 3.05) is 5.43 Å². The van der Waals surface area contributed by atoms with Crippen LogP contribution in [0.5, 0.6) is 0 Å². The second kappa shape index (κ2) is 5.17. The van der Waals surface area contributed by atoms with Gasteiger partial charge in [-0.2, -0.15) is 0 Å². The number of hydrogen-bond acceptors (Lipinski definition) is 3. The predicted molar refractivity (Wildman–Crippen MR) is 80.1 cm³/mol. The molecule has 3 N–H and O–H groups in total. The Labute approximate surface area is 114 Å². The fraction of sp³-hybridized carbons (Fsp3) is 0.438. The van der Waals surface area contributed by atoms with Gasteiger partial charge in [0.05, 0.1) is 5.52 Å². The quantitative estimate of drug-likeness (QED) is 0.632. The van der Waals surface area contributed by atoms with Crippen LogP contribution in [-0.4, -0.2) is 4.98 Å². The number of nitrogen functional groups attached to an aromatic ring is 1. The molecule has 1 heterocycles. The molecule has 1 saturated carbocycles. The number of pyridine rings is 1. The molecule has 1 aromatic heterocycles. The van der Waals surface area contributed by atoms with Gasteiger partial charge < -0.3 is 5.43 Å². The van der Waals surface area contributed by atoms with Crippen molar-refractivity contribution in [3.63, 3.8) is 0 Å². The van der Waals surface area contributed by atoms with Gasteiger partial charge in [0, 0.05) is 5.39 Å². The van der Waals surface area contributed by atoms with E-state index in [0.29, 0.717) is 5.92 Å². The number of nitrogens with two attached hydrogens (primary N) is 1. The van der Waals surface area contributed by atoms with Gasteiger partial charge in [-0.15, -0.1) is 0 Å². The lowest BCUT2D eigenvalue weighted by Gasteiger charge is -2.24. The fourth-order valence-electron chi connectivity index (χ4n) is 3.15. The van der Waals surface area contributed by atoms with E-state index in [0.717, 1.165) is 11.3 Å². The number of nitrogens with zero attached hydrogens (tertiary/aromatic N) is 1. The normalized spacial score (nSPS) is 16.7. The Morgan fingerprint density at radius 1 is 1.16 bits per heavy atom. The van der Waals surface area contributed by atoms with Crippen LogP contribution in [0.25, 0.3) is 10.9 Å². The minimum Gasteiger partial charge on any atom is -0.308 e. The van der Waals surface area contributed by atoms with Crippen LogP contribution in [0.4, 0.5) is 5.82 Å². The number of hydrogen-bond donors (Lipinski definition) is 2. The molecule has 100 valence electrons. The zero-order valence-corrected chi connectivity index (χ0v) is 11.4. The largest absolute Gasteiger partial charge is 0.308 e. The van der Waals surface area contributed by atoms with Gasteiger partial charge >= 0.3 is 0 Å². The maximum atomic E-state index is 5.67. The van der Waals surface area contributed by atoms with Crippen molar-refractivity contribution in [1.29, 1.82) is 0 Å². The zero-order chi connectivity index (χ0) is 13.2. The summed E-state index contributed by atoms with van der Waals surface area (Å²) >= 11 is 0. The molecule has 0 aliphatic heterocycles. The highest BCUT2D eigenvalue weighted by Crippen LogP contribution is 2.37. The molecule has 1 aromatic carbocycles. The van der Waals surface area contributed by atoms with Crippen LogP contribution in [0.3, 0.4) is 0 Å². The van der Waals surface area contributed by atoms with E-state index >= 15 is 0 Å². The van der Waals surface area contributed by atoms with Gasteiger partial charge in [0.25, 0.3) is 0 Å². The highest BCUT2D eigenvalue weighted by atomic mass is 15.2. The van der Waals surface area contributed by atoms with E-state index in [9.17, 15) is 0 Å². The standard InChI is InChI=1S/C16H21N3/c1-11-7-8-15-13(9-11)10-14(16(18-15)19-17)12-5-3-2-4-6-12/h7-10,12H,2-6,17H2,1H3,(H,18,19). The molecule has 0 amide bonds. The number of aryl methyl sites for hydroxylation is 1. The number of anilines is 1. The molecule has 0 saturated heterocycles. The third-order valence-electron chi connectivity index (χ3n) is 4.18. The zero-order valence-electron chi connectivity index (χ0n) is 11.4. The Morgan fingerprint density at radius 2 is 1.95 bits per heavy atom. The van der Waals surface area contributed by atoms with E-state index in [-0.39, 0.29) is 0 Å². The third-order valence-corrected chi connectivity index (χ3v) is 4.18. The third kappa shape index (κ3) is 2.43. The Bertz CT molecular complexity index is 586. The molecule has 0 spiro atoms. The summed E-state index contributed by atoms with van der Waals surface area (Å²) in [5, 5.41) is 1.22. The summed E-state index contributed by atoms with van der Waals surface area (Å²) in [4.78, 5) is 4.67. The van der Waals surface area contributed by atoms with Crippen molar-refractivity contribution in [3.05, 3.63) is 35.4 Å². The van der Waals surface area contributed by atoms with Gasteiger partial charge in [-0.1, -0.05) is 30.9 Å². The van der Waals surface area contributed by atoms with Crippen molar-refractivity contribution in [2.24, 2.45) is 5.84 Å². The summed E-state index contributed by atoms with van der Waals surface area (Å²) in [6.07, 6.45) is 6.52. The first-order chi connectivity index (χ1) is 9.28. The first-order valence-electron chi connectivity index (χ1n) is 7.16. The number of rotatable bonds is 2. The monoisotopic (exact) mass is 255 g/mol. The van der Waals surface area contributed by atoms with Crippen LogP contribution >= 0.6 is 0 Å². The minimum atomic E-state index is 0.609. The summed E-state index contributed by atoms with van der Waals surface area (Å²) in [6.45, 7) is 2.12. The number of nitrogens with one attached hydrogen (secondary N) is 1. The van der Waals surface area contributed by atoms with Crippen molar-refractivity contribution in [1.82, 2.24) is 4.98 Å². The van der Waals surface area contributed by atoms with Crippen molar-refractivity contribution >= 4 is 16.7 Å². The molecule has 19 heavy (non-hydrogen) atoms. The average Bonchev–Trinajstić information content (AvgIpc) is 2.46. The van der Waals surface area contributed by atoms with Crippen molar-refractivity contribution < 1.29 is 0 Å². The topological polar surface area (TPSA) is 50.9 Å². The van der Waals surface area contributed by atoms with Crippen LogP contribution in [0.15, 0.2) is 24.3 Å². The lowest BCUT2D eigenvalue weighted by Crippen LogP contribution is -2.14. The number of fused-ring (bicyclic) bond motifs is 1. The summed E-state index contributed by atoms with van der Waals surface area (Å²) in [5.74, 6) is 7.12. The molecule has 0 unspecified atom stereocenters. The molecule has 1 aliphatic rings. The van der Waals surface area contributed by atoms with Crippen LogP contribution in [-0.2, 0) is 0 Å². The number of aromatic nitrogens is 1. The molecule has 0 atom stereocenters. The molecule has 1 aliphatic carbocycles. The van der Waals surface area contributed by atoms with Gasteiger partial charge in [0.15, 0.2) is 0 Å². The Morgan fingerprint density at radius 3 is 2.68 bits per heavy atom. The lowest BCUT2D eigenvalue weighted by atomic mass is 9.84. The van der Waals surface area contributed by atoms with E-state index in [2.05, 4.69) is 41.6 Å². The first kappa shape index (κ1) is 12.4. The lowest BCUT2D eigenvalue weighted by molar-refractivity contribution is 0.444. The maximum Gasteiger partial charge on any atom is 0.144 e. The smallest absolute Gasteiger partial charge is 0.144 e. The molecule has 2 aromatic rings. The number of benzene rings is 1. The van der Waals surface area contributed by atoms with Crippen molar-refractivity contribution in [2.45, 2.75) is 44.9 Å². The van der Waals surface area contributed by atoms with E-state index < -0.39 is 0 Å². The molecule has 3 heteroatoms. The van der Waals surface area contributed by atoms with Crippen LogP contribution in [0.2, 0.25) is 0 Å². The molecule has 0 bridgehead atoms. The second-order valence-corrected chi connectivity index (χ2v) is 5.60. The first-order valence-corrected chi connectivity index (χ1v) is 7.16. The molecule has 0 radical (unpaired) electrons. The second-order valence-electron chi connectivity index (χ2n) is 5.60. The minimum absolute atomic E-state index is 0.609. The molecular weight excluding hydrogens is 234 g/mol. The molecular formula is C16H21N3. The van der Waals surface area contributed by atoms with Gasteiger partial charge in [-0.05, 0) is 49.4 Å². The van der Waals surface area contributed by atoms with E-state index in [1.54, 1.807) is 0 Å². The summed E-state index contributed by atoms with van der Waals surface area (Å²) < 4.78 is 0. The van der Waals surface area contributed by atoms with E-state index in [4.69, 9.17) is 5.84 Å². The SMILES string of the molecule is Cc1ccc2nc(NN)c(C3CCCCC3)cc2c1. The van der Waals surface area contributed by atoms with Gasteiger partial charge in [0.1, 0.15) is 5.82 Å². The van der Waals surface area contributed by atoms with Crippen LogP contribution in [0.1, 0.15) is 49.1 Å². The summed E-state index contributed by atoms with van der Waals surface area (Å²) in [7, 11) is 0. The maximum absolute atomic E-state index is 5.67. The molecule has 3 rings (SSSR count). The van der Waals surface area contributed by atoms with Gasteiger partial charge in [0.2, 0.25) is 0 Å². The fourth-order valence-corrected chi connectivity index (χ4v) is 3.15. The Hall–Kier alpha value is -1.61. The van der Waals surface area contributed by atoms with Crippen LogP contribution < -0.4 is 11.3 Å². The van der Waals surface area contributed by atoms with Crippen molar-refractivity contribution in [3.8, 4) is 0 Å². The predicted octanol–water partition coefficient (Wildman–Crippen LogP) is 3.88. The Kier molecular flexibility index (Phi) is 3.38. The summed E-state index contributed by atoms with van der Waals surface area (Å²) in [5.41, 5.74) is 6.37. The number of hydrazine groups is 1. The van der Waals surface area contributed by atoms with Crippen LogP contribution in [0, 0.1) is 6.92 Å².